The van der Waals surface area contributed by atoms with Crippen molar-refractivity contribution in [2.75, 3.05) is 5.01 Å². The maximum absolute atomic E-state index is 13.2. The Balaban J connectivity index is 1.64. The molecule has 2 aromatic carbocycles. The molecule has 1 aromatic heterocycles. The Bertz CT molecular complexity index is 1420. The van der Waals surface area contributed by atoms with Crippen LogP contribution in [0, 0.1) is 0 Å². The first-order valence-corrected chi connectivity index (χ1v) is 11.0. The summed E-state index contributed by atoms with van der Waals surface area (Å²) in [6.45, 7) is 0. The summed E-state index contributed by atoms with van der Waals surface area (Å²) in [5.41, 5.74) is 0.119. The van der Waals surface area contributed by atoms with Crippen LogP contribution in [0.25, 0.3) is 17.4 Å². The van der Waals surface area contributed by atoms with E-state index in [2.05, 4.69) is 5.10 Å². The number of carboxylic acids is 2. The summed E-state index contributed by atoms with van der Waals surface area (Å²) in [5, 5.41) is 23.4. The third kappa shape index (κ3) is 5.77. The molecule has 37 heavy (non-hydrogen) atoms. The first-order chi connectivity index (χ1) is 17.5. The number of carbonyl (C=O) groups excluding carboxylic acids is 1. The molecule has 190 valence electrons. The lowest BCUT2D eigenvalue weighted by Gasteiger charge is -2.11. The van der Waals surface area contributed by atoms with Crippen LogP contribution in [0.4, 0.5) is 18.9 Å². The maximum Gasteiger partial charge on any atom is 0.416 e. The van der Waals surface area contributed by atoms with Crippen molar-refractivity contribution in [3.63, 3.8) is 0 Å². The number of hydrogen-bond donors (Lipinski definition) is 2. The van der Waals surface area contributed by atoms with E-state index >= 15 is 0 Å². The van der Waals surface area contributed by atoms with Crippen LogP contribution in [0.2, 0.25) is 0 Å². The molecule has 0 bridgehead atoms. The summed E-state index contributed by atoms with van der Waals surface area (Å²) >= 11 is 0. The minimum atomic E-state index is -4.52. The number of aromatic carboxylic acids is 1. The molecule has 0 fully saturated rings. The Morgan fingerprint density at radius 2 is 1.76 bits per heavy atom. The Hall–Kier alpha value is -4.67. The number of furan rings is 1. The summed E-state index contributed by atoms with van der Waals surface area (Å²) in [6, 6.07) is 13.1. The van der Waals surface area contributed by atoms with Gasteiger partial charge in [-0.25, -0.2) is 4.79 Å². The number of rotatable bonds is 8. The summed E-state index contributed by atoms with van der Waals surface area (Å²) in [7, 11) is 0. The number of alkyl halides is 3. The smallest absolute Gasteiger partial charge is 0.416 e. The standard InChI is InChI=1S/C26H19F3N2O6/c27-26(28,29)17-4-1-3-16(13-17)22-12-11-19(37-22)14-20-21(5-2-6-23(32)33)30-31(24(20)34)18-9-7-15(8-10-18)25(35)36/h1,3-4,7-14H,2,5-6H2,(H,32,33)(H,35,36). The van der Waals surface area contributed by atoms with E-state index in [1.807, 2.05) is 0 Å². The number of carbonyl (C=O) groups is 3. The number of amides is 1. The molecule has 11 heteroatoms. The maximum atomic E-state index is 13.2. The molecule has 0 unspecified atom stereocenters. The van der Waals surface area contributed by atoms with Crippen molar-refractivity contribution in [1.29, 1.82) is 0 Å². The lowest BCUT2D eigenvalue weighted by atomic mass is 10.0. The summed E-state index contributed by atoms with van der Waals surface area (Å²) in [5.74, 6) is -2.34. The zero-order valence-corrected chi connectivity index (χ0v) is 19.0. The normalized spacial score (nSPS) is 14.8. The lowest BCUT2D eigenvalue weighted by molar-refractivity contribution is -0.138. The molecule has 0 aliphatic carbocycles. The van der Waals surface area contributed by atoms with Crippen LogP contribution in [-0.4, -0.2) is 33.8 Å². The van der Waals surface area contributed by atoms with Gasteiger partial charge in [0.15, 0.2) is 0 Å². The highest BCUT2D eigenvalue weighted by atomic mass is 19.4. The predicted octanol–water partition coefficient (Wildman–Crippen LogP) is 5.70. The molecule has 4 rings (SSSR count). The molecule has 0 saturated carbocycles. The van der Waals surface area contributed by atoms with Gasteiger partial charge in [0.05, 0.1) is 28.1 Å². The molecule has 1 aliphatic heterocycles. The molecule has 0 saturated heterocycles. The average molecular weight is 512 g/mol. The number of anilines is 1. The largest absolute Gasteiger partial charge is 0.481 e. The number of nitrogens with zero attached hydrogens (tertiary/aromatic N) is 2. The van der Waals surface area contributed by atoms with Crippen molar-refractivity contribution < 1.29 is 42.2 Å². The Labute approximate surface area is 207 Å². The Morgan fingerprint density at radius 1 is 1.03 bits per heavy atom. The molecular weight excluding hydrogens is 493 g/mol. The van der Waals surface area contributed by atoms with Gasteiger partial charge in [-0.2, -0.15) is 23.3 Å². The van der Waals surface area contributed by atoms with Gasteiger partial charge in [-0.1, -0.05) is 12.1 Å². The van der Waals surface area contributed by atoms with Crippen LogP contribution in [0.5, 0.6) is 0 Å². The third-order valence-corrected chi connectivity index (χ3v) is 5.51. The first-order valence-electron chi connectivity index (χ1n) is 11.0. The van der Waals surface area contributed by atoms with Crippen molar-refractivity contribution in [3.05, 3.63) is 83.1 Å². The van der Waals surface area contributed by atoms with Crippen LogP contribution in [-0.2, 0) is 15.8 Å². The van der Waals surface area contributed by atoms with Gasteiger partial charge in [-0.3, -0.25) is 9.59 Å². The van der Waals surface area contributed by atoms with Crippen LogP contribution >= 0.6 is 0 Å². The number of halogens is 3. The van der Waals surface area contributed by atoms with E-state index in [-0.39, 0.29) is 47.5 Å². The highest BCUT2D eigenvalue weighted by Gasteiger charge is 2.32. The van der Waals surface area contributed by atoms with Crippen molar-refractivity contribution in [2.45, 2.75) is 25.4 Å². The van der Waals surface area contributed by atoms with Gasteiger partial charge in [-0.15, -0.1) is 0 Å². The molecule has 8 nitrogen and oxygen atoms in total. The van der Waals surface area contributed by atoms with Gasteiger partial charge in [0.2, 0.25) is 0 Å². The molecule has 2 heterocycles. The predicted molar refractivity (Wildman–Crippen MR) is 127 cm³/mol. The van der Waals surface area contributed by atoms with Crippen LogP contribution < -0.4 is 5.01 Å². The molecule has 1 amide bonds. The van der Waals surface area contributed by atoms with E-state index in [0.29, 0.717) is 11.4 Å². The molecular formula is C26H19F3N2O6. The number of carboxylic acid groups (broad SMARTS) is 2. The van der Waals surface area contributed by atoms with Gasteiger partial charge >= 0.3 is 18.1 Å². The van der Waals surface area contributed by atoms with E-state index in [0.717, 1.165) is 17.1 Å². The number of aliphatic carboxylic acids is 1. The fourth-order valence-electron chi connectivity index (χ4n) is 3.69. The van der Waals surface area contributed by atoms with E-state index < -0.39 is 29.6 Å². The molecule has 3 aromatic rings. The van der Waals surface area contributed by atoms with Crippen molar-refractivity contribution in [2.24, 2.45) is 5.10 Å². The van der Waals surface area contributed by atoms with E-state index in [9.17, 15) is 27.6 Å². The molecule has 0 atom stereocenters. The van der Waals surface area contributed by atoms with E-state index in [4.69, 9.17) is 14.6 Å². The highest BCUT2D eigenvalue weighted by Crippen LogP contribution is 2.33. The second kappa shape index (κ2) is 10.1. The van der Waals surface area contributed by atoms with Gasteiger partial charge in [-0.05, 0) is 67.4 Å². The topological polar surface area (TPSA) is 120 Å². The van der Waals surface area contributed by atoms with Gasteiger partial charge < -0.3 is 14.6 Å². The molecule has 1 aliphatic rings. The van der Waals surface area contributed by atoms with Crippen LogP contribution in [0.1, 0.15) is 40.9 Å². The van der Waals surface area contributed by atoms with Crippen LogP contribution in [0.3, 0.4) is 0 Å². The zero-order chi connectivity index (χ0) is 26.7. The zero-order valence-electron chi connectivity index (χ0n) is 19.0. The second-order valence-corrected chi connectivity index (χ2v) is 8.10. The monoisotopic (exact) mass is 512 g/mol. The summed E-state index contributed by atoms with van der Waals surface area (Å²) in [6.07, 6.45) is -2.90. The van der Waals surface area contributed by atoms with Gasteiger partial charge in [0.25, 0.3) is 5.91 Å². The fraction of sp³-hybridized carbons (Fsp3) is 0.154. The minimum absolute atomic E-state index is 0.0227. The minimum Gasteiger partial charge on any atom is -0.481 e. The third-order valence-electron chi connectivity index (χ3n) is 5.51. The van der Waals surface area contributed by atoms with Gasteiger partial charge in [0.1, 0.15) is 11.5 Å². The first kappa shape index (κ1) is 25.4. The number of hydrazone groups is 1. The Morgan fingerprint density at radius 3 is 2.41 bits per heavy atom. The lowest BCUT2D eigenvalue weighted by Crippen LogP contribution is -2.21. The molecule has 0 spiro atoms. The summed E-state index contributed by atoms with van der Waals surface area (Å²) in [4.78, 5) is 35.3. The number of benzene rings is 2. The van der Waals surface area contributed by atoms with Crippen molar-refractivity contribution >= 4 is 35.3 Å². The molecule has 2 N–H and O–H groups in total. The van der Waals surface area contributed by atoms with Crippen LogP contribution in [0.15, 0.2) is 75.8 Å². The SMILES string of the molecule is O=C(O)CCCC1=NN(c2ccc(C(=O)O)cc2)C(=O)C1=Cc1ccc(-c2cccc(C(F)(F)F)c2)o1. The Kier molecular flexibility index (Phi) is 6.96. The number of hydrogen-bond acceptors (Lipinski definition) is 5. The summed E-state index contributed by atoms with van der Waals surface area (Å²) < 4.78 is 44.9. The highest BCUT2D eigenvalue weighted by molar-refractivity contribution is 6.32. The van der Waals surface area contributed by atoms with E-state index in [1.165, 1.54) is 54.6 Å². The van der Waals surface area contributed by atoms with E-state index in [1.54, 1.807) is 0 Å². The van der Waals surface area contributed by atoms with Crippen molar-refractivity contribution in [3.8, 4) is 11.3 Å². The van der Waals surface area contributed by atoms with Crippen molar-refractivity contribution in [1.82, 2.24) is 0 Å². The average Bonchev–Trinajstić information content (AvgIpc) is 3.44. The van der Waals surface area contributed by atoms with Gasteiger partial charge in [0, 0.05) is 12.0 Å². The molecule has 0 radical (unpaired) electrons. The second-order valence-electron chi connectivity index (χ2n) is 8.10. The quantitative estimate of drug-likeness (QED) is 0.373. The fourth-order valence-corrected chi connectivity index (χ4v) is 3.69.